The number of nitrogens with zero attached hydrogens (tertiary/aromatic N) is 4. The average Bonchev–Trinajstić information content (AvgIpc) is 3.30. The van der Waals surface area contributed by atoms with Crippen LogP contribution >= 0.6 is 11.3 Å². The van der Waals surface area contributed by atoms with Crippen molar-refractivity contribution >= 4 is 17.3 Å². The Labute approximate surface area is 133 Å². The van der Waals surface area contributed by atoms with Crippen molar-refractivity contribution in [2.45, 2.75) is 38.4 Å². The summed E-state index contributed by atoms with van der Waals surface area (Å²) in [6.07, 6.45) is 5.67. The largest absolute Gasteiger partial charge is 0.468 e. The lowest BCUT2D eigenvalue weighted by molar-refractivity contribution is -0.146. The first-order valence-electron chi connectivity index (χ1n) is 7.24. The summed E-state index contributed by atoms with van der Waals surface area (Å²) in [6.45, 7) is 2.53. The van der Waals surface area contributed by atoms with E-state index in [1.807, 2.05) is 12.3 Å². The van der Waals surface area contributed by atoms with Crippen molar-refractivity contribution in [3.05, 3.63) is 29.5 Å². The Morgan fingerprint density at radius 1 is 1.45 bits per heavy atom. The first-order valence-corrected chi connectivity index (χ1v) is 8.12. The minimum absolute atomic E-state index is 0.200. The number of esters is 1. The molecule has 0 aromatic carbocycles. The fourth-order valence-electron chi connectivity index (χ4n) is 2.37. The molecule has 2 heterocycles. The maximum Gasteiger partial charge on any atom is 0.322 e. The van der Waals surface area contributed by atoms with Crippen LogP contribution in [0.15, 0.2) is 23.8 Å². The highest BCUT2D eigenvalue weighted by molar-refractivity contribution is 7.13. The smallest absolute Gasteiger partial charge is 0.322 e. The molecule has 0 saturated heterocycles. The third kappa shape index (κ3) is 3.31. The van der Waals surface area contributed by atoms with Gasteiger partial charge in [-0.05, 0) is 25.8 Å². The normalized spacial score (nSPS) is 15.8. The standard InChI is InChI=1S/C15H18N4O2S/c1-10(15(20)21-2)19(12-4-5-12)8-11-9-22-14(18-11)13-16-6-3-7-17-13/h3,6-7,9-10,12H,4-5,8H2,1-2H3/t10-/m0/s1. The van der Waals surface area contributed by atoms with E-state index in [1.165, 1.54) is 18.4 Å². The van der Waals surface area contributed by atoms with E-state index >= 15 is 0 Å². The van der Waals surface area contributed by atoms with Gasteiger partial charge in [-0.2, -0.15) is 0 Å². The molecule has 2 aromatic heterocycles. The molecule has 0 radical (unpaired) electrons. The second-order valence-electron chi connectivity index (χ2n) is 5.32. The Bertz CT molecular complexity index is 642. The lowest BCUT2D eigenvalue weighted by Crippen LogP contribution is -2.40. The number of rotatable bonds is 6. The van der Waals surface area contributed by atoms with Gasteiger partial charge in [0.05, 0.1) is 12.8 Å². The molecule has 0 N–H and O–H groups in total. The summed E-state index contributed by atoms with van der Waals surface area (Å²) in [7, 11) is 1.43. The van der Waals surface area contributed by atoms with E-state index in [0.29, 0.717) is 18.4 Å². The van der Waals surface area contributed by atoms with Gasteiger partial charge in [0.1, 0.15) is 6.04 Å². The SMILES string of the molecule is COC(=O)[C@H](C)N(Cc1csc(-c2ncccn2)n1)C1CC1. The molecule has 0 amide bonds. The second-order valence-corrected chi connectivity index (χ2v) is 6.18. The predicted octanol–water partition coefficient (Wildman–Crippen LogP) is 2.13. The number of carbonyl (C=O) groups is 1. The molecule has 0 bridgehead atoms. The Morgan fingerprint density at radius 3 is 2.82 bits per heavy atom. The van der Waals surface area contributed by atoms with Crippen molar-refractivity contribution in [3.8, 4) is 10.8 Å². The van der Waals surface area contributed by atoms with Gasteiger partial charge < -0.3 is 4.74 Å². The minimum atomic E-state index is -0.254. The summed E-state index contributed by atoms with van der Waals surface area (Å²) in [4.78, 5) is 27.0. The molecule has 7 heteroatoms. The van der Waals surface area contributed by atoms with E-state index in [0.717, 1.165) is 23.5 Å². The second kappa shape index (κ2) is 6.50. The van der Waals surface area contributed by atoms with Crippen LogP contribution in [-0.4, -0.2) is 45.0 Å². The summed E-state index contributed by atoms with van der Waals surface area (Å²) < 4.78 is 4.86. The molecular weight excluding hydrogens is 300 g/mol. The van der Waals surface area contributed by atoms with E-state index in [1.54, 1.807) is 18.5 Å². The molecule has 3 rings (SSSR count). The van der Waals surface area contributed by atoms with Gasteiger partial charge in [0.25, 0.3) is 0 Å². The molecule has 1 aliphatic rings. The predicted molar refractivity (Wildman–Crippen MR) is 83.2 cm³/mol. The monoisotopic (exact) mass is 318 g/mol. The third-order valence-corrected chi connectivity index (χ3v) is 4.60. The van der Waals surface area contributed by atoms with E-state index in [2.05, 4.69) is 19.9 Å². The Morgan fingerprint density at radius 2 is 2.18 bits per heavy atom. The lowest BCUT2D eigenvalue weighted by atomic mass is 10.2. The summed E-state index contributed by atoms with van der Waals surface area (Å²) in [5, 5.41) is 2.81. The number of ether oxygens (including phenoxy) is 1. The van der Waals surface area contributed by atoms with Crippen LogP contribution in [0.3, 0.4) is 0 Å². The lowest BCUT2D eigenvalue weighted by Gasteiger charge is -2.26. The number of methoxy groups -OCH3 is 1. The number of hydrogen-bond acceptors (Lipinski definition) is 7. The molecule has 0 aliphatic heterocycles. The van der Waals surface area contributed by atoms with Gasteiger partial charge in [-0.25, -0.2) is 15.0 Å². The quantitative estimate of drug-likeness (QED) is 0.760. The molecule has 22 heavy (non-hydrogen) atoms. The van der Waals surface area contributed by atoms with E-state index < -0.39 is 0 Å². The summed E-state index contributed by atoms with van der Waals surface area (Å²) in [5.74, 6) is 0.437. The summed E-state index contributed by atoms with van der Waals surface area (Å²) in [6, 6.07) is 1.98. The summed E-state index contributed by atoms with van der Waals surface area (Å²) in [5.41, 5.74) is 0.940. The first kappa shape index (κ1) is 15.1. The van der Waals surface area contributed by atoms with Crippen molar-refractivity contribution in [3.63, 3.8) is 0 Å². The van der Waals surface area contributed by atoms with Crippen LogP contribution in [0, 0.1) is 0 Å². The maximum absolute atomic E-state index is 11.8. The van der Waals surface area contributed by atoms with Crippen molar-refractivity contribution < 1.29 is 9.53 Å². The van der Waals surface area contributed by atoms with Crippen LogP contribution in [-0.2, 0) is 16.1 Å². The fraction of sp³-hybridized carbons (Fsp3) is 0.467. The molecule has 1 aliphatic carbocycles. The zero-order valence-corrected chi connectivity index (χ0v) is 13.4. The molecule has 1 atom stereocenters. The Kier molecular flexibility index (Phi) is 4.44. The van der Waals surface area contributed by atoms with Gasteiger partial charge in [0, 0.05) is 30.4 Å². The zero-order valence-electron chi connectivity index (χ0n) is 12.6. The van der Waals surface area contributed by atoms with E-state index in [4.69, 9.17) is 4.74 Å². The number of hydrogen-bond donors (Lipinski definition) is 0. The van der Waals surface area contributed by atoms with Crippen molar-refractivity contribution in [2.75, 3.05) is 7.11 Å². The number of aromatic nitrogens is 3. The van der Waals surface area contributed by atoms with Crippen molar-refractivity contribution in [1.82, 2.24) is 19.9 Å². The van der Waals surface area contributed by atoms with E-state index in [-0.39, 0.29) is 12.0 Å². The number of thiazole rings is 1. The number of carbonyl (C=O) groups excluding carboxylic acids is 1. The van der Waals surface area contributed by atoms with Gasteiger partial charge in [0.15, 0.2) is 10.8 Å². The Balaban J connectivity index is 1.74. The molecule has 1 saturated carbocycles. The van der Waals surface area contributed by atoms with Gasteiger partial charge in [-0.3, -0.25) is 9.69 Å². The first-order chi connectivity index (χ1) is 10.7. The van der Waals surface area contributed by atoms with Gasteiger partial charge >= 0.3 is 5.97 Å². The molecule has 0 spiro atoms. The minimum Gasteiger partial charge on any atom is -0.468 e. The van der Waals surface area contributed by atoms with Gasteiger partial charge in [-0.15, -0.1) is 11.3 Å². The highest BCUT2D eigenvalue weighted by Gasteiger charge is 2.35. The highest BCUT2D eigenvalue weighted by atomic mass is 32.1. The molecule has 2 aromatic rings. The topological polar surface area (TPSA) is 68.2 Å². The van der Waals surface area contributed by atoms with E-state index in [9.17, 15) is 4.79 Å². The maximum atomic E-state index is 11.8. The summed E-state index contributed by atoms with van der Waals surface area (Å²) >= 11 is 1.52. The molecule has 1 fully saturated rings. The van der Waals surface area contributed by atoms with Crippen LogP contribution in [0.4, 0.5) is 0 Å². The zero-order chi connectivity index (χ0) is 15.5. The molecule has 116 valence electrons. The van der Waals surface area contributed by atoms with Crippen LogP contribution in [0.2, 0.25) is 0 Å². The molecule has 0 unspecified atom stereocenters. The fourth-order valence-corrected chi connectivity index (χ4v) is 3.13. The van der Waals surface area contributed by atoms with Crippen LogP contribution < -0.4 is 0 Å². The highest BCUT2D eigenvalue weighted by Crippen LogP contribution is 2.31. The van der Waals surface area contributed by atoms with Crippen molar-refractivity contribution in [2.24, 2.45) is 0 Å². The third-order valence-electron chi connectivity index (χ3n) is 3.71. The van der Waals surface area contributed by atoms with Crippen LogP contribution in [0.25, 0.3) is 10.8 Å². The van der Waals surface area contributed by atoms with Gasteiger partial charge in [-0.1, -0.05) is 0 Å². The average molecular weight is 318 g/mol. The van der Waals surface area contributed by atoms with Crippen LogP contribution in [0.5, 0.6) is 0 Å². The Hall–Kier alpha value is -1.86. The van der Waals surface area contributed by atoms with Crippen molar-refractivity contribution in [1.29, 1.82) is 0 Å². The van der Waals surface area contributed by atoms with Gasteiger partial charge in [0.2, 0.25) is 0 Å². The molecule has 6 nitrogen and oxygen atoms in total. The molecular formula is C15H18N4O2S. The van der Waals surface area contributed by atoms with Crippen LogP contribution in [0.1, 0.15) is 25.5 Å².